The summed E-state index contributed by atoms with van der Waals surface area (Å²) in [6.07, 6.45) is 0.836. The lowest BCUT2D eigenvalue weighted by Gasteiger charge is -2.49. The molecule has 8 N–H and O–H groups in total. The first-order valence-corrected chi connectivity index (χ1v) is 11.8. The second-order valence-corrected chi connectivity index (χ2v) is 10.7. The summed E-state index contributed by atoms with van der Waals surface area (Å²) in [5, 5.41) is 28.9. The number of likely N-dealkylation sites (N-methyl/N-ethyl adjacent to an activating group) is 1. The summed E-state index contributed by atoms with van der Waals surface area (Å²) in [7, 11) is 3.76. The van der Waals surface area contributed by atoms with E-state index in [2.05, 4.69) is 34.5 Å². The van der Waals surface area contributed by atoms with Crippen molar-refractivity contribution in [3.05, 3.63) is 29.3 Å². The molecular weight excluding hydrogens is 452 g/mol. The van der Waals surface area contributed by atoms with Crippen LogP contribution in [0.5, 0.6) is 5.75 Å². The van der Waals surface area contributed by atoms with E-state index in [1.807, 2.05) is 31.1 Å². The maximum absolute atomic E-state index is 13.4. The van der Waals surface area contributed by atoms with Crippen LogP contribution >= 0.6 is 0 Å². The summed E-state index contributed by atoms with van der Waals surface area (Å²) >= 11 is 0. The number of fused-ring (bicyclic) bond motifs is 1. The summed E-state index contributed by atoms with van der Waals surface area (Å²) in [6.45, 7) is 5.18. The van der Waals surface area contributed by atoms with E-state index in [9.17, 15) is 15.0 Å². The van der Waals surface area contributed by atoms with Crippen LogP contribution in [-0.2, 0) is 5.41 Å². The average Bonchev–Trinajstić information content (AvgIpc) is 3.23. The molecular formula is C23H34N8O4. The molecule has 1 amide bonds. The van der Waals surface area contributed by atoms with E-state index in [-0.39, 0.29) is 23.9 Å². The maximum Gasteiger partial charge on any atom is 0.255 e. The standard InChI is InChI=1S/C23H34N8O4/c1-21(2)8-9-35-16-12(6-5-7-13(16)21)18(32)27-15-11-31-20(25)26-14(10-30(3)4)17-22(31,23(15,33)34)29-19(24)28-17/h5-7,14-15,17,33-34H,8-11H2,1-4H3,(H2,25,26)(H,27,32)(H3,24,28,29)/t14-,15?,17?,22-/m0/s1. The molecule has 4 aliphatic heterocycles. The Morgan fingerprint density at radius 2 is 2.06 bits per heavy atom. The predicted molar refractivity (Wildman–Crippen MR) is 130 cm³/mol. The summed E-state index contributed by atoms with van der Waals surface area (Å²) in [4.78, 5) is 25.9. The number of rotatable bonds is 4. The molecule has 1 aromatic rings. The minimum absolute atomic E-state index is 0.00354. The van der Waals surface area contributed by atoms with Crippen LogP contribution in [0.2, 0.25) is 0 Å². The summed E-state index contributed by atoms with van der Waals surface area (Å²) in [6, 6.07) is 3.11. The number of hydrogen-bond donors (Lipinski definition) is 6. The molecule has 2 unspecified atom stereocenters. The Balaban J connectivity index is 1.48. The fraction of sp³-hybridized carbons (Fsp3) is 0.609. The lowest BCUT2D eigenvalue weighted by Crippen LogP contribution is -2.78. The van der Waals surface area contributed by atoms with Gasteiger partial charge in [-0.05, 0) is 32.0 Å². The SMILES string of the molecule is CN(C)C[C@@H]1N=C(N)N2CC(NC(=O)c3cccc4c3OCCC4(C)C)C(O)(O)[C@@]23NC(N)=NC13. The number of hydrogen-bond acceptors (Lipinski definition) is 11. The predicted octanol–water partition coefficient (Wildman–Crippen LogP) is -1.92. The number of nitrogens with one attached hydrogen (secondary N) is 2. The fourth-order valence-electron chi connectivity index (χ4n) is 5.79. The average molecular weight is 487 g/mol. The molecule has 1 fully saturated rings. The Bertz CT molecular complexity index is 1120. The van der Waals surface area contributed by atoms with Crippen molar-refractivity contribution in [3.63, 3.8) is 0 Å². The van der Waals surface area contributed by atoms with Crippen LogP contribution < -0.4 is 26.8 Å². The first-order chi connectivity index (χ1) is 16.4. The maximum atomic E-state index is 13.4. The second-order valence-electron chi connectivity index (χ2n) is 10.7. The van der Waals surface area contributed by atoms with Crippen molar-refractivity contribution in [2.75, 3.05) is 33.8 Å². The van der Waals surface area contributed by atoms with Gasteiger partial charge in [0, 0.05) is 18.7 Å². The number of benzene rings is 1. The molecule has 1 saturated heterocycles. The Kier molecular flexibility index (Phi) is 5.20. The number of carbonyl (C=O) groups is 1. The Labute approximate surface area is 204 Å². The van der Waals surface area contributed by atoms with Gasteiger partial charge >= 0.3 is 0 Å². The Hall–Kier alpha value is -3.09. The van der Waals surface area contributed by atoms with E-state index in [1.165, 1.54) is 4.90 Å². The van der Waals surface area contributed by atoms with Crippen LogP contribution in [0.15, 0.2) is 28.2 Å². The minimum Gasteiger partial charge on any atom is -0.492 e. The molecule has 0 saturated carbocycles. The number of aliphatic imine (C=N–C) groups is 2. The zero-order chi connectivity index (χ0) is 25.3. The van der Waals surface area contributed by atoms with E-state index in [1.54, 1.807) is 6.07 Å². The van der Waals surface area contributed by atoms with Crippen molar-refractivity contribution in [2.24, 2.45) is 21.5 Å². The van der Waals surface area contributed by atoms with Gasteiger partial charge in [-0.15, -0.1) is 0 Å². The molecule has 4 aliphatic rings. The van der Waals surface area contributed by atoms with Crippen LogP contribution in [0.25, 0.3) is 0 Å². The third-order valence-corrected chi connectivity index (χ3v) is 7.62. The van der Waals surface area contributed by atoms with Gasteiger partial charge in [0.1, 0.15) is 17.8 Å². The number of nitrogens with two attached hydrogens (primary N) is 2. The number of carbonyl (C=O) groups excluding carboxylic acids is 1. The van der Waals surface area contributed by atoms with Crippen molar-refractivity contribution >= 4 is 17.8 Å². The van der Waals surface area contributed by atoms with Crippen LogP contribution in [0, 0.1) is 0 Å². The number of ether oxygens (including phenoxy) is 1. The van der Waals surface area contributed by atoms with Crippen LogP contribution in [0.3, 0.4) is 0 Å². The van der Waals surface area contributed by atoms with E-state index in [4.69, 9.17) is 16.2 Å². The molecule has 35 heavy (non-hydrogen) atoms. The van der Waals surface area contributed by atoms with E-state index < -0.39 is 35.5 Å². The van der Waals surface area contributed by atoms with Gasteiger partial charge in [-0.2, -0.15) is 0 Å². The van der Waals surface area contributed by atoms with Gasteiger partial charge in [0.25, 0.3) is 5.91 Å². The van der Waals surface area contributed by atoms with Crippen LogP contribution in [0.4, 0.5) is 0 Å². The molecule has 5 rings (SSSR count). The molecule has 12 heteroatoms. The summed E-state index contributed by atoms with van der Waals surface area (Å²) in [5.74, 6) is -2.25. The third-order valence-electron chi connectivity index (χ3n) is 7.62. The molecule has 0 radical (unpaired) electrons. The Morgan fingerprint density at radius 1 is 1.31 bits per heavy atom. The van der Waals surface area contributed by atoms with E-state index in [0.717, 1.165) is 12.0 Å². The first-order valence-electron chi connectivity index (χ1n) is 11.8. The van der Waals surface area contributed by atoms with Crippen molar-refractivity contribution in [1.82, 2.24) is 20.4 Å². The molecule has 4 atom stereocenters. The van der Waals surface area contributed by atoms with Crippen molar-refractivity contribution in [2.45, 2.75) is 55.3 Å². The Morgan fingerprint density at radius 3 is 2.77 bits per heavy atom. The smallest absolute Gasteiger partial charge is 0.255 e. The summed E-state index contributed by atoms with van der Waals surface area (Å²) in [5.41, 5.74) is 11.9. The van der Waals surface area contributed by atoms with Gasteiger partial charge in [-0.1, -0.05) is 26.0 Å². The highest BCUT2D eigenvalue weighted by Crippen LogP contribution is 2.45. The lowest BCUT2D eigenvalue weighted by molar-refractivity contribution is -0.230. The molecule has 0 bridgehead atoms. The quantitative estimate of drug-likeness (QED) is 0.265. The molecule has 1 aromatic carbocycles. The molecule has 0 aliphatic carbocycles. The van der Waals surface area contributed by atoms with Crippen molar-refractivity contribution in [1.29, 1.82) is 0 Å². The number of guanidine groups is 2. The van der Waals surface area contributed by atoms with Crippen molar-refractivity contribution in [3.8, 4) is 5.75 Å². The van der Waals surface area contributed by atoms with Gasteiger partial charge < -0.3 is 46.9 Å². The van der Waals surface area contributed by atoms with Gasteiger partial charge in [-0.25, -0.2) is 9.98 Å². The number of amides is 1. The lowest BCUT2D eigenvalue weighted by atomic mass is 9.79. The minimum atomic E-state index is -2.47. The molecule has 1 spiro atoms. The monoisotopic (exact) mass is 486 g/mol. The zero-order valence-corrected chi connectivity index (χ0v) is 20.4. The molecule has 12 nitrogen and oxygen atoms in total. The van der Waals surface area contributed by atoms with Gasteiger partial charge in [-0.3, -0.25) is 4.79 Å². The highest BCUT2D eigenvalue weighted by Gasteiger charge is 2.73. The highest BCUT2D eigenvalue weighted by molar-refractivity contribution is 5.98. The van der Waals surface area contributed by atoms with Gasteiger partial charge in [0.15, 0.2) is 17.6 Å². The first kappa shape index (κ1) is 23.6. The second kappa shape index (κ2) is 7.70. The molecule has 190 valence electrons. The van der Waals surface area contributed by atoms with E-state index in [0.29, 0.717) is 24.5 Å². The summed E-state index contributed by atoms with van der Waals surface area (Å²) < 4.78 is 5.89. The molecule has 0 aromatic heterocycles. The van der Waals surface area contributed by atoms with Crippen molar-refractivity contribution < 1.29 is 19.7 Å². The fourth-order valence-corrected chi connectivity index (χ4v) is 5.79. The number of aliphatic hydroxyl groups is 2. The number of nitrogens with zero attached hydrogens (tertiary/aromatic N) is 4. The topological polar surface area (TPSA) is 174 Å². The number of para-hydroxylation sites is 1. The highest BCUT2D eigenvalue weighted by atomic mass is 16.5. The van der Waals surface area contributed by atoms with E-state index >= 15 is 0 Å². The largest absolute Gasteiger partial charge is 0.492 e. The van der Waals surface area contributed by atoms with Crippen LogP contribution in [-0.4, -0.2) is 101 Å². The normalized spacial score (nSPS) is 32.0. The van der Waals surface area contributed by atoms with Gasteiger partial charge in [0.2, 0.25) is 5.79 Å². The third kappa shape index (κ3) is 3.34. The van der Waals surface area contributed by atoms with Crippen LogP contribution in [0.1, 0.15) is 36.2 Å². The molecule has 4 heterocycles. The van der Waals surface area contributed by atoms with Gasteiger partial charge in [0.05, 0.1) is 18.2 Å². The zero-order valence-electron chi connectivity index (χ0n) is 20.4.